The van der Waals surface area contributed by atoms with E-state index in [4.69, 9.17) is 0 Å². The molecule has 0 saturated carbocycles. The number of halogens is 2. The molecule has 1 heterocycles. The average Bonchev–Trinajstić information content (AvgIpc) is 2.80. The van der Waals surface area contributed by atoms with Crippen LogP contribution in [0.3, 0.4) is 0 Å². The first-order chi connectivity index (χ1) is 9.20. The molecule has 0 fully saturated rings. The number of rotatable bonds is 3. The lowest BCUT2D eigenvalue weighted by Crippen LogP contribution is -1.81. The zero-order valence-electron chi connectivity index (χ0n) is 9.86. The number of imidazole rings is 1. The summed E-state index contributed by atoms with van der Waals surface area (Å²) in [5.74, 6) is 0.911. The highest BCUT2D eigenvalue weighted by Crippen LogP contribution is 2.25. The predicted octanol–water partition coefficient (Wildman–Crippen LogP) is 5.38. The Labute approximate surface area is 132 Å². The highest BCUT2D eigenvalue weighted by atomic mass is 79.9. The molecule has 2 aromatic carbocycles. The Morgan fingerprint density at radius 3 is 2.53 bits per heavy atom. The molecular formula is C14H10Br2N2S. The van der Waals surface area contributed by atoms with Crippen LogP contribution in [0, 0.1) is 0 Å². The molecule has 0 amide bonds. The number of nitrogens with zero attached hydrogens (tertiary/aromatic N) is 1. The molecule has 96 valence electrons. The normalized spacial score (nSPS) is 11.1. The summed E-state index contributed by atoms with van der Waals surface area (Å²) in [6.45, 7) is 0. The van der Waals surface area contributed by atoms with Gasteiger partial charge < -0.3 is 4.98 Å². The van der Waals surface area contributed by atoms with Crippen molar-refractivity contribution >= 4 is 54.7 Å². The van der Waals surface area contributed by atoms with Crippen LogP contribution < -0.4 is 0 Å². The average molecular weight is 398 g/mol. The summed E-state index contributed by atoms with van der Waals surface area (Å²) < 4.78 is 2.17. The molecule has 0 aliphatic rings. The van der Waals surface area contributed by atoms with E-state index in [-0.39, 0.29) is 0 Å². The Morgan fingerprint density at radius 1 is 1.00 bits per heavy atom. The number of hydrogen-bond acceptors (Lipinski definition) is 2. The topological polar surface area (TPSA) is 28.7 Å². The lowest BCUT2D eigenvalue weighted by molar-refractivity contribution is 1.08. The second-order valence-corrected chi connectivity index (χ2v) is 6.91. The number of aromatic amines is 1. The van der Waals surface area contributed by atoms with Crippen LogP contribution in [0.2, 0.25) is 0 Å². The minimum absolute atomic E-state index is 0.911. The number of fused-ring (bicyclic) bond motifs is 1. The minimum atomic E-state index is 0.911. The molecule has 5 heteroatoms. The number of H-pyrrole nitrogens is 1. The fourth-order valence-corrected chi connectivity index (χ4v) is 3.23. The van der Waals surface area contributed by atoms with E-state index in [0.717, 1.165) is 30.9 Å². The SMILES string of the molecule is Brc1ccc(CSc2nc3ccc(Br)cc3[nH]2)cc1. The zero-order valence-corrected chi connectivity index (χ0v) is 13.8. The second kappa shape index (κ2) is 5.69. The van der Waals surface area contributed by atoms with Crippen molar-refractivity contribution in [2.45, 2.75) is 10.9 Å². The molecule has 3 aromatic rings. The van der Waals surface area contributed by atoms with E-state index in [9.17, 15) is 0 Å². The molecule has 0 spiro atoms. The quantitative estimate of drug-likeness (QED) is 0.601. The van der Waals surface area contributed by atoms with Crippen LogP contribution >= 0.6 is 43.6 Å². The first kappa shape index (κ1) is 13.2. The van der Waals surface area contributed by atoms with E-state index in [1.807, 2.05) is 18.2 Å². The van der Waals surface area contributed by atoms with Crippen molar-refractivity contribution in [3.05, 3.63) is 57.0 Å². The van der Waals surface area contributed by atoms with Gasteiger partial charge in [0, 0.05) is 14.7 Å². The monoisotopic (exact) mass is 396 g/mol. The third-order valence-corrected chi connectivity index (χ3v) is 4.68. The number of benzene rings is 2. The Balaban J connectivity index is 1.76. The maximum Gasteiger partial charge on any atom is 0.166 e. The molecule has 19 heavy (non-hydrogen) atoms. The third kappa shape index (κ3) is 3.22. The largest absolute Gasteiger partial charge is 0.333 e. The standard InChI is InChI=1S/C14H10Br2N2S/c15-10-3-1-9(2-4-10)8-19-14-17-12-6-5-11(16)7-13(12)18-14/h1-7H,8H2,(H,17,18). The molecular weight excluding hydrogens is 388 g/mol. The predicted molar refractivity (Wildman–Crippen MR) is 87.5 cm³/mol. The molecule has 0 atom stereocenters. The van der Waals surface area contributed by atoms with E-state index in [2.05, 4.69) is 66.1 Å². The second-order valence-electron chi connectivity index (χ2n) is 4.12. The molecule has 1 aromatic heterocycles. The summed E-state index contributed by atoms with van der Waals surface area (Å²) in [6.07, 6.45) is 0. The van der Waals surface area contributed by atoms with Crippen molar-refractivity contribution < 1.29 is 0 Å². The lowest BCUT2D eigenvalue weighted by Gasteiger charge is -1.99. The molecule has 0 unspecified atom stereocenters. The van der Waals surface area contributed by atoms with Gasteiger partial charge in [-0.3, -0.25) is 0 Å². The number of thioether (sulfide) groups is 1. The summed E-state index contributed by atoms with van der Waals surface area (Å²) in [7, 11) is 0. The fourth-order valence-electron chi connectivity index (χ4n) is 1.76. The van der Waals surface area contributed by atoms with Gasteiger partial charge in [0.2, 0.25) is 0 Å². The Morgan fingerprint density at radius 2 is 1.74 bits per heavy atom. The minimum Gasteiger partial charge on any atom is -0.333 e. The highest BCUT2D eigenvalue weighted by Gasteiger charge is 2.04. The van der Waals surface area contributed by atoms with Crippen molar-refractivity contribution in [2.75, 3.05) is 0 Å². The van der Waals surface area contributed by atoms with Gasteiger partial charge in [-0.15, -0.1) is 0 Å². The van der Waals surface area contributed by atoms with E-state index in [1.54, 1.807) is 11.8 Å². The molecule has 0 saturated heterocycles. The van der Waals surface area contributed by atoms with Gasteiger partial charge in [-0.05, 0) is 35.9 Å². The van der Waals surface area contributed by atoms with Crippen molar-refractivity contribution in [3.63, 3.8) is 0 Å². The van der Waals surface area contributed by atoms with Gasteiger partial charge in [-0.1, -0.05) is 55.8 Å². The maximum absolute atomic E-state index is 4.56. The summed E-state index contributed by atoms with van der Waals surface area (Å²) >= 11 is 8.62. The third-order valence-electron chi connectivity index (χ3n) is 2.71. The molecule has 0 aliphatic heterocycles. The van der Waals surface area contributed by atoms with Gasteiger partial charge in [0.05, 0.1) is 11.0 Å². The Bertz CT molecular complexity index is 707. The van der Waals surface area contributed by atoms with Gasteiger partial charge in [0.25, 0.3) is 0 Å². The van der Waals surface area contributed by atoms with Crippen molar-refractivity contribution in [3.8, 4) is 0 Å². The Kier molecular flexibility index (Phi) is 3.96. The van der Waals surface area contributed by atoms with Crippen LogP contribution in [0.4, 0.5) is 0 Å². The summed E-state index contributed by atoms with van der Waals surface area (Å²) in [5.41, 5.74) is 3.35. The van der Waals surface area contributed by atoms with Crippen LogP contribution in [0.1, 0.15) is 5.56 Å². The first-order valence-electron chi connectivity index (χ1n) is 5.73. The maximum atomic E-state index is 4.56. The molecule has 3 rings (SSSR count). The van der Waals surface area contributed by atoms with Crippen LogP contribution in [-0.4, -0.2) is 9.97 Å². The molecule has 0 bridgehead atoms. The van der Waals surface area contributed by atoms with E-state index >= 15 is 0 Å². The highest BCUT2D eigenvalue weighted by molar-refractivity contribution is 9.10. The zero-order chi connectivity index (χ0) is 13.2. The molecule has 0 radical (unpaired) electrons. The van der Waals surface area contributed by atoms with Crippen LogP contribution in [0.5, 0.6) is 0 Å². The van der Waals surface area contributed by atoms with Gasteiger partial charge in [-0.2, -0.15) is 0 Å². The van der Waals surface area contributed by atoms with Crippen molar-refractivity contribution in [1.29, 1.82) is 0 Å². The number of hydrogen-bond donors (Lipinski definition) is 1. The Hall–Kier alpha value is -0.780. The first-order valence-corrected chi connectivity index (χ1v) is 8.30. The van der Waals surface area contributed by atoms with Crippen LogP contribution in [0.25, 0.3) is 11.0 Å². The van der Waals surface area contributed by atoms with Crippen LogP contribution in [-0.2, 0) is 5.75 Å². The number of aromatic nitrogens is 2. The summed E-state index contributed by atoms with van der Waals surface area (Å²) in [6, 6.07) is 14.4. The smallest absolute Gasteiger partial charge is 0.166 e. The molecule has 1 N–H and O–H groups in total. The number of nitrogens with one attached hydrogen (secondary N) is 1. The fraction of sp³-hybridized carbons (Fsp3) is 0.0714. The van der Waals surface area contributed by atoms with E-state index < -0.39 is 0 Å². The van der Waals surface area contributed by atoms with Crippen molar-refractivity contribution in [1.82, 2.24) is 9.97 Å². The van der Waals surface area contributed by atoms with Gasteiger partial charge >= 0.3 is 0 Å². The van der Waals surface area contributed by atoms with Gasteiger partial charge in [0.1, 0.15) is 0 Å². The molecule has 2 nitrogen and oxygen atoms in total. The van der Waals surface area contributed by atoms with Crippen LogP contribution in [0.15, 0.2) is 56.6 Å². The summed E-state index contributed by atoms with van der Waals surface area (Å²) in [5, 5.41) is 0.955. The van der Waals surface area contributed by atoms with Gasteiger partial charge in [0.15, 0.2) is 5.16 Å². The van der Waals surface area contributed by atoms with E-state index in [1.165, 1.54) is 5.56 Å². The van der Waals surface area contributed by atoms with Crippen molar-refractivity contribution in [2.24, 2.45) is 0 Å². The lowest BCUT2D eigenvalue weighted by atomic mass is 10.2. The summed E-state index contributed by atoms with van der Waals surface area (Å²) in [4.78, 5) is 7.89. The molecule has 0 aliphatic carbocycles. The van der Waals surface area contributed by atoms with Gasteiger partial charge in [-0.25, -0.2) is 4.98 Å². The van der Waals surface area contributed by atoms with E-state index in [0.29, 0.717) is 0 Å².